The van der Waals surface area contributed by atoms with Crippen molar-refractivity contribution in [3.05, 3.63) is 58.6 Å². The van der Waals surface area contributed by atoms with E-state index in [1.54, 1.807) is 12.1 Å². The van der Waals surface area contributed by atoms with Gasteiger partial charge in [-0.15, -0.1) is 0 Å². The molecular formula is C13H11BrN2O3S. The van der Waals surface area contributed by atoms with Crippen LogP contribution in [0.25, 0.3) is 0 Å². The van der Waals surface area contributed by atoms with Gasteiger partial charge in [0.1, 0.15) is 0 Å². The maximum atomic E-state index is 12.4. The van der Waals surface area contributed by atoms with Crippen LogP contribution in [0.4, 0.5) is 0 Å². The number of nitrogens with one attached hydrogen (secondary N) is 1. The van der Waals surface area contributed by atoms with Crippen LogP contribution in [0, 0.1) is 0 Å². The molecule has 0 radical (unpaired) electrons. The lowest BCUT2D eigenvalue weighted by molar-refractivity contribution is 0.0953. The number of nitrogens with two attached hydrogens (primary N) is 1. The standard InChI is InChI=1S/C13H11BrN2O3S/c14-10-3-7-12(8-4-10)20(18,19)11-5-1-9(2-6-11)13(17)16-15/h1-8H,15H2,(H,16,17). The molecule has 0 heterocycles. The van der Waals surface area contributed by atoms with Gasteiger partial charge in [0.25, 0.3) is 5.91 Å². The molecule has 2 aromatic rings. The van der Waals surface area contributed by atoms with Gasteiger partial charge in [-0.05, 0) is 48.5 Å². The lowest BCUT2D eigenvalue weighted by Gasteiger charge is -2.06. The zero-order chi connectivity index (χ0) is 14.8. The number of rotatable bonds is 3. The Morgan fingerprint density at radius 2 is 1.40 bits per heavy atom. The van der Waals surface area contributed by atoms with Gasteiger partial charge in [0, 0.05) is 10.0 Å². The number of hydrogen-bond donors (Lipinski definition) is 2. The highest BCUT2D eigenvalue weighted by Gasteiger charge is 2.17. The third-order valence-corrected chi connectivity index (χ3v) is 5.00. The first-order valence-corrected chi connectivity index (χ1v) is 7.84. The van der Waals surface area contributed by atoms with Gasteiger partial charge in [-0.3, -0.25) is 10.2 Å². The van der Waals surface area contributed by atoms with Crippen LogP contribution in [-0.4, -0.2) is 14.3 Å². The topological polar surface area (TPSA) is 89.3 Å². The summed E-state index contributed by atoms with van der Waals surface area (Å²) in [5, 5.41) is 0. The Bertz CT molecular complexity index is 725. The van der Waals surface area contributed by atoms with E-state index >= 15 is 0 Å². The molecule has 104 valence electrons. The lowest BCUT2D eigenvalue weighted by Crippen LogP contribution is -2.29. The van der Waals surface area contributed by atoms with E-state index in [-0.39, 0.29) is 9.79 Å². The Morgan fingerprint density at radius 3 is 1.85 bits per heavy atom. The second kappa shape index (κ2) is 5.74. The quantitative estimate of drug-likeness (QED) is 0.500. The Hall–Kier alpha value is -1.70. The minimum absolute atomic E-state index is 0.119. The van der Waals surface area contributed by atoms with Crippen LogP contribution in [-0.2, 0) is 9.84 Å². The van der Waals surface area contributed by atoms with E-state index in [4.69, 9.17) is 5.84 Å². The Kier molecular flexibility index (Phi) is 4.22. The summed E-state index contributed by atoms with van der Waals surface area (Å²) < 4.78 is 25.5. The van der Waals surface area contributed by atoms with Gasteiger partial charge in [-0.25, -0.2) is 14.3 Å². The molecule has 0 saturated heterocycles. The van der Waals surface area contributed by atoms with E-state index in [2.05, 4.69) is 15.9 Å². The number of amides is 1. The second-order valence-electron chi connectivity index (χ2n) is 3.96. The fourth-order valence-electron chi connectivity index (χ4n) is 1.62. The molecule has 0 atom stereocenters. The number of hydrazine groups is 1. The highest BCUT2D eigenvalue weighted by atomic mass is 79.9. The maximum absolute atomic E-state index is 12.4. The SMILES string of the molecule is NNC(=O)c1ccc(S(=O)(=O)c2ccc(Br)cc2)cc1. The van der Waals surface area contributed by atoms with Gasteiger partial charge < -0.3 is 0 Å². The number of benzene rings is 2. The fraction of sp³-hybridized carbons (Fsp3) is 0. The molecule has 0 fully saturated rings. The van der Waals surface area contributed by atoms with E-state index in [0.717, 1.165) is 4.47 Å². The molecule has 0 bridgehead atoms. The fourth-order valence-corrected chi connectivity index (χ4v) is 3.14. The molecule has 0 aliphatic carbocycles. The largest absolute Gasteiger partial charge is 0.290 e. The van der Waals surface area contributed by atoms with E-state index in [0.29, 0.717) is 5.56 Å². The average molecular weight is 355 g/mol. The van der Waals surface area contributed by atoms with E-state index < -0.39 is 15.7 Å². The van der Waals surface area contributed by atoms with Gasteiger partial charge in [-0.1, -0.05) is 15.9 Å². The number of nitrogen functional groups attached to an aromatic ring is 1. The molecule has 5 nitrogen and oxygen atoms in total. The van der Waals surface area contributed by atoms with Crippen molar-refractivity contribution in [1.29, 1.82) is 0 Å². The molecule has 2 aromatic carbocycles. The number of carbonyl (C=O) groups is 1. The molecule has 0 aromatic heterocycles. The van der Waals surface area contributed by atoms with Gasteiger partial charge in [0.15, 0.2) is 0 Å². The average Bonchev–Trinajstić information content (AvgIpc) is 2.47. The van der Waals surface area contributed by atoms with Crippen LogP contribution in [0.15, 0.2) is 62.8 Å². The lowest BCUT2D eigenvalue weighted by atomic mass is 10.2. The summed E-state index contributed by atoms with van der Waals surface area (Å²) >= 11 is 3.25. The molecule has 7 heteroatoms. The van der Waals surface area contributed by atoms with Crippen molar-refractivity contribution < 1.29 is 13.2 Å². The first-order chi connectivity index (χ1) is 9.45. The predicted octanol–water partition coefficient (Wildman–Crippen LogP) is 1.89. The summed E-state index contributed by atoms with van der Waals surface area (Å²) in [5.74, 6) is 4.54. The third-order valence-electron chi connectivity index (χ3n) is 2.68. The maximum Gasteiger partial charge on any atom is 0.265 e. The smallest absolute Gasteiger partial charge is 0.265 e. The molecule has 0 aliphatic rings. The highest BCUT2D eigenvalue weighted by Crippen LogP contribution is 2.22. The van der Waals surface area contributed by atoms with Crippen LogP contribution in [0.3, 0.4) is 0 Å². The van der Waals surface area contributed by atoms with Crippen LogP contribution < -0.4 is 11.3 Å². The molecule has 2 rings (SSSR count). The van der Waals surface area contributed by atoms with Gasteiger partial charge >= 0.3 is 0 Å². The van der Waals surface area contributed by atoms with Crippen molar-refractivity contribution in [2.45, 2.75) is 9.79 Å². The molecule has 0 unspecified atom stereocenters. The van der Waals surface area contributed by atoms with Crippen molar-refractivity contribution in [1.82, 2.24) is 5.43 Å². The van der Waals surface area contributed by atoms with Crippen molar-refractivity contribution in [2.24, 2.45) is 5.84 Å². The molecule has 1 amide bonds. The number of hydrogen-bond acceptors (Lipinski definition) is 4. The van der Waals surface area contributed by atoms with Crippen LogP contribution in [0.5, 0.6) is 0 Å². The second-order valence-corrected chi connectivity index (χ2v) is 6.82. The summed E-state index contributed by atoms with van der Waals surface area (Å²) in [7, 11) is -3.59. The number of sulfone groups is 1. The Balaban J connectivity index is 2.40. The summed E-state index contributed by atoms with van der Waals surface area (Å²) in [5.41, 5.74) is 2.28. The summed E-state index contributed by atoms with van der Waals surface area (Å²) in [6.07, 6.45) is 0. The summed E-state index contributed by atoms with van der Waals surface area (Å²) in [4.78, 5) is 11.6. The number of carbonyl (C=O) groups excluding carboxylic acids is 1. The number of halogens is 1. The highest BCUT2D eigenvalue weighted by molar-refractivity contribution is 9.10. The van der Waals surface area contributed by atoms with E-state index in [1.165, 1.54) is 36.4 Å². The molecule has 0 saturated carbocycles. The minimum Gasteiger partial charge on any atom is -0.290 e. The molecular weight excluding hydrogens is 344 g/mol. The van der Waals surface area contributed by atoms with Crippen LogP contribution in [0.1, 0.15) is 10.4 Å². The van der Waals surface area contributed by atoms with Crippen molar-refractivity contribution in [3.8, 4) is 0 Å². The van der Waals surface area contributed by atoms with Crippen molar-refractivity contribution in [3.63, 3.8) is 0 Å². The van der Waals surface area contributed by atoms with Crippen molar-refractivity contribution >= 4 is 31.7 Å². The zero-order valence-electron chi connectivity index (χ0n) is 10.2. The zero-order valence-corrected chi connectivity index (χ0v) is 12.6. The molecule has 0 aliphatic heterocycles. The van der Waals surface area contributed by atoms with E-state index in [1.807, 2.05) is 5.43 Å². The normalized spacial score (nSPS) is 11.1. The molecule has 3 N–H and O–H groups in total. The van der Waals surface area contributed by atoms with E-state index in [9.17, 15) is 13.2 Å². The first-order valence-electron chi connectivity index (χ1n) is 5.57. The predicted molar refractivity (Wildman–Crippen MR) is 77.7 cm³/mol. The molecule has 20 heavy (non-hydrogen) atoms. The van der Waals surface area contributed by atoms with Crippen molar-refractivity contribution in [2.75, 3.05) is 0 Å². The van der Waals surface area contributed by atoms with Gasteiger partial charge in [0.05, 0.1) is 9.79 Å². The monoisotopic (exact) mass is 354 g/mol. The van der Waals surface area contributed by atoms with Gasteiger partial charge in [0.2, 0.25) is 9.84 Å². The van der Waals surface area contributed by atoms with Crippen LogP contribution in [0.2, 0.25) is 0 Å². The minimum atomic E-state index is -3.59. The Labute approximate surface area is 124 Å². The Morgan fingerprint density at radius 1 is 0.950 bits per heavy atom. The third kappa shape index (κ3) is 2.90. The van der Waals surface area contributed by atoms with Gasteiger partial charge in [-0.2, -0.15) is 0 Å². The first kappa shape index (κ1) is 14.7. The molecule has 0 spiro atoms. The summed E-state index contributed by atoms with van der Waals surface area (Å²) in [6.45, 7) is 0. The van der Waals surface area contributed by atoms with Crippen LogP contribution >= 0.6 is 15.9 Å². The summed E-state index contributed by atoms with van der Waals surface area (Å²) in [6, 6.07) is 11.9.